The molecule has 0 radical (unpaired) electrons. The van der Waals surface area contributed by atoms with E-state index in [0.717, 1.165) is 39.9 Å². The Kier molecular flexibility index (Phi) is 3.15. The quantitative estimate of drug-likeness (QED) is 0.574. The van der Waals surface area contributed by atoms with Gasteiger partial charge in [-0.2, -0.15) is 0 Å². The highest BCUT2D eigenvalue weighted by Crippen LogP contribution is 2.33. The van der Waals surface area contributed by atoms with Crippen LogP contribution in [0.2, 0.25) is 0 Å². The van der Waals surface area contributed by atoms with Crippen LogP contribution in [-0.4, -0.2) is 4.57 Å². The van der Waals surface area contributed by atoms with Crippen LogP contribution < -0.4 is 0 Å². The Hall–Kier alpha value is -2.68. The normalized spacial score (nSPS) is 14.2. The predicted molar refractivity (Wildman–Crippen MR) is 89.1 cm³/mol. The molecule has 0 aliphatic carbocycles. The highest BCUT2D eigenvalue weighted by atomic mass is 19.1. The minimum absolute atomic E-state index is 0.239. The van der Waals surface area contributed by atoms with Crippen LogP contribution in [0.4, 0.5) is 8.78 Å². The molecule has 0 amide bonds. The molecule has 1 aromatic heterocycles. The van der Waals surface area contributed by atoms with Gasteiger partial charge in [0, 0.05) is 28.7 Å². The number of halogens is 2. The molecule has 2 aromatic carbocycles. The molecular formula is C20H15F2N. The second-order valence-electron chi connectivity index (χ2n) is 5.86. The first kappa shape index (κ1) is 13.9. The average molecular weight is 307 g/mol. The lowest BCUT2D eigenvalue weighted by Gasteiger charge is -2.10. The Morgan fingerprint density at radius 1 is 0.913 bits per heavy atom. The van der Waals surface area contributed by atoms with Crippen molar-refractivity contribution < 1.29 is 8.78 Å². The van der Waals surface area contributed by atoms with Gasteiger partial charge in [-0.3, -0.25) is 0 Å². The SMILES string of the molecule is CC1=CCn2c(cc3cc(F)ccc32)C(c2ccc(F)cc2)=C1. The number of nitrogens with zero attached hydrogens (tertiary/aromatic N) is 1. The summed E-state index contributed by atoms with van der Waals surface area (Å²) >= 11 is 0. The number of rotatable bonds is 1. The average Bonchev–Trinajstić information content (AvgIpc) is 2.80. The fourth-order valence-corrected chi connectivity index (χ4v) is 3.12. The maximum absolute atomic E-state index is 13.5. The van der Waals surface area contributed by atoms with Gasteiger partial charge in [0.15, 0.2) is 0 Å². The summed E-state index contributed by atoms with van der Waals surface area (Å²) in [6.45, 7) is 2.79. The topological polar surface area (TPSA) is 4.93 Å². The van der Waals surface area contributed by atoms with Crippen LogP contribution in [-0.2, 0) is 6.54 Å². The Bertz CT molecular complexity index is 959. The molecule has 0 saturated heterocycles. The van der Waals surface area contributed by atoms with E-state index in [1.165, 1.54) is 18.2 Å². The van der Waals surface area contributed by atoms with Gasteiger partial charge in [0.1, 0.15) is 11.6 Å². The molecule has 1 nitrogen and oxygen atoms in total. The Balaban J connectivity index is 1.98. The van der Waals surface area contributed by atoms with Crippen molar-refractivity contribution in [2.24, 2.45) is 0 Å². The molecule has 1 aliphatic rings. The number of allylic oxidation sites excluding steroid dienone is 3. The zero-order chi connectivity index (χ0) is 16.0. The molecule has 0 spiro atoms. The third kappa shape index (κ3) is 2.38. The molecule has 0 atom stereocenters. The molecule has 0 fully saturated rings. The molecule has 4 rings (SSSR count). The zero-order valence-corrected chi connectivity index (χ0v) is 12.7. The first-order valence-electron chi connectivity index (χ1n) is 7.55. The predicted octanol–water partition coefficient (Wildman–Crippen LogP) is 5.31. The van der Waals surface area contributed by atoms with E-state index >= 15 is 0 Å². The van der Waals surface area contributed by atoms with Gasteiger partial charge >= 0.3 is 0 Å². The van der Waals surface area contributed by atoms with Crippen molar-refractivity contribution in [3.05, 3.63) is 89.1 Å². The van der Waals surface area contributed by atoms with Crippen molar-refractivity contribution in [1.82, 2.24) is 4.57 Å². The summed E-state index contributed by atoms with van der Waals surface area (Å²) in [6.07, 6.45) is 4.24. The van der Waals surface area contributed by atoms with Gasteiger partial charge in [-0.05, 0) is 55.0 Å². The summed E-state index contributed by atoms with van der Waals surface area (Å²) in [7, 11) is 0. The lowest BCUT2D eigenvalue weighted by Crippen LogP contribution is -2.00. The van der Waals surface area contributed by atoms with Gasteiger partial charge in [-0.1, -0.05) is 23.8 Å². The molecule has 0 N–H and O–H groups in total. The summed E-state index contributed by atoms with van der Waals surface area (Å²) in [5.74, 6) is -0.491. The number of hydrogen-bond acceptors (Lipinski definition) is 0. The molecule has 1 aliphatic heterocycles. The van der Waals surface area contributed by atoms with Gasteiger partial charge in [0.05, 0.1) is 0 Å². The summed E-state index contributed by atoms with van der Waals surface area (Å²) < 4.78 is 28.9. The summed E-state index contributed by atoms with van der Waals surface area (Å²) in [5, 5.41) is 0.876. The lowest BCUT2D eigenvalue weighted by molar-refractivity contribution is 0.627. The summed E-state index contributed by atoms with van der Waals surface area (Å²) in [6, 6.07) is 13.3. The monoisotopic (exact) mass is 307 g/mol. The standard InChI is InChI=1S/C20H15F2N/c1-13-8-9-23-19-7-6-17(22)11-15(19)12-20(23)18(10-13)14-2-4-16(21)5-3-14/h2-8,10-12H,9H2,1H3. The zero-order valence-electron chi connectivity index (χ0n) is 12.7. The van der Waals surface area contributed by atoms with Gasteiger partial charge < -0.3 is 4.57 Å². The minimum atomic E-state index is -0.252. The molecule has 0 unspecified atom stereocenters. The maximum Gasteiger partial charge on any atom is 0.123 e. The smallest absolute Gasteiger partial charge is 0.123 e. The number of benzene rings is 2. The van der Waals surface area contributed by atoms with Crippen LogP contribution >= 0.6 is 0 Å². The van der Waals surface area contributed by atoms with E-state index in [1.807, 2.05) is 12.1 Å². The molecule has 114 valence electrons. The molecule has 2 heterocycles. The van der Waals surface area contributed by atoms with Crippen LogP contribution in [0.25, 0.3) is 16.5 Å². The van der Waals surface area contributed by atoms with Crippen LogP contribution in [0.1, 0.15) is 18.2 Å². The van der Waals surface area contributed by atoms with Crippen molar-refractivity contribution in [1.29, 1.82) is 0 Å². The van der Waals surface area contributed by atoms with Crippen LogP contribution in [0.15, 0.2) is 66.3 Å². The molecule has 3 heteroatoms. The summed E-state index contributed by atoms with van der Waals surface area (Å²) in [4.78, 5) is 0. The fourth-order valence-electron chi connectivity index (χ4n) is 3.12. The van der Waals surface area contributed by atoms with Gasteiger partial charge in [-0.25, -0.2) is 8.78 Å². The van der Waals surface area contributed by atoms with E-state index in [-0.39, 0.29) is 11.6 Å². The minimum Gasteiger partial charge on any atom is -0.337 e. The third-order valence-electron chi connectivity index (χ3n) is 4.26. The first-order valence-corrected chi connectivity index (χ1v) is 7.55. The van der Waals surface area contributed by atoms with Crippen LogP contribution in [0, 0.1) is 11.6 Å². The summed E-state index contributed by atoms with van der Waals surface area (Å²) in [5.41, 5.74) is 5.15. The Labute approximate surface area is 133 Å². The molecule has 23 heavy (non-hydrogen) atoms. The highest BCUT2D eigenvalue weighted by molar-refractivity contribution is 5.90. The van der Waals surface area contributed by atoms with E-state index in [4.69, 9.17) is 0 Å². The third-order valence-corrected chi connectivity index (χ3v) is 4.26. The maximum atomic E-state index is 13.5. The Morgan fingerprint density at radius 3 is 2.43 bits per heavy atom. The van der Waals surface area contributed by atoms with E-state index in [2.05, 4.69) is 23.6 Å². The van der Waals surface area contributed by atoms with Gasteiger partial charge in [-0.15, -0.1) is 0 Å². The van der Waals surface area contributed by atoms with Crippen molar-refractivity contribution in [2.75, 3.05) is 0 Å². The molecule has 0 saturated carbocycles. The molecule has 0 bridgehead atoms. The largest absolute Gasteiger partial charge is 0.337 e. The van der Waals surface area contributed by atoms with E-state index < -0.39 is 0 Å². The lowest BCUT2D eigenvalue weighted by atomic mass is 10.0. The van der Waals surface area contributed by atoms with Gasteiger partial charge in [0.2, 0.25) is 0 Å². The Morgan fingerprint density at radius 2 is 1.65 bits per heavy atom. The van der Waals surface area contributed by atoms with E-state index in [1.54, 1.807) is 18.2 Å². The second-order valence-corrected chi connectivity index (χ2v) is 5.86. The van der Waals surface area contributed by atoms with Crippen molar-refractivity contribution in [3.8, 4) is 0 Å². The number of aromatic nitrogens is 1. The second kappa shape index (κ2) is 5.20. The van der Waals surface area contributed by atoms with Crippen molar-refractivity contribution in [3.63, 3.8) is 0 Å². The highest BCUT2D eigenvalue weighted by Gasteiger charge is 2.16. The van der Waals surface area contributed by atoms with Crippen LogP contribution in [0.3, 0.4) is 0 Å². The first-order chi connectivity index (χ1) is 11.1. The van der Waals surface area contributed by atoms with Crippen molar-refractivity contribution >= 4 is 16.5 Å². The molecular weight excluding hydrogens is 292 g/mol. The van der Waals surface area contributed by atoms with E-state index in [9.17, 15) is 8.78 Å². The fraction of sp³-hybridized carbons (Fsp3) is 0.100. The van der Waals surface area contributed by atoms with Crippen LogP contribution in [0.5, 0.6) is 0 Å². The van der Waals surface area contributed by atoms with E-state index in [0.29, 0.717) is 0 Å². The number of hydrogen-bond donors (Lipinski definition) is 0. The van der Waals surface area contributed by atoms with Crippen molar-refractivity contribution in [2.45, 2.75) is 13.5 Å². The van der Waals surface area contributed by atoms with Gasteiger partial charge in [0.25, 0.3) is 0 Å². The molecule has 3 aromatic rings. The number of fused-ring (bicyclic) bond motifs is 3.